The Balaban J connectivity index is 1.52. The summed E-state index contributed by atoms with van der Waals surface area (Å²) in [6.45, 7) is 3.88. The summed E-state index contributed by atoms with van der Waals surface area (Å²) in [5, 5.41) is 10.4. The number of esters is 1. The number of aryl methyl sites for hydroxylation is 1. The number of benzene rings is 3. The van der Waals surface area contributed by atoms with Gasteiger partial charge in [0.25, 0.3) is 10.0 Å². The van der Waals surface area contributed by atoms with E-state index < -0.39 is 21.9 Å². The Morgan fingerprint density at radius 2 is 1.79 bits per heavy atom. The third kappa shape index (κ3) is 9.32. The number of anilines is 1. The van der Waals surface area contributed by atoms with Crippen molar-refractivity contribution < 1.29 is 32.2 Å². The number of halogens is 1. The lowest BCUT2D eigenvalue weighted by molar-refractivity contribution is -0.147. The second-order valence-electron chi connectivity index (χ2n) is 8.89. The molecule has 3 aromatic carbocycles. The maximum Gasteiger partial charge on any atom is 0.306 e. The monoisotopic (exact) mass is 541 g/mol. The molecule has 0 aliphatic carbocycles. The van der Waals surface area contributed by atoms with Gasteiger partial charge in [-0.05, 0) is 73.9 Å². The number of hydrogen-bond donors (Lipinski definition) is 2. The van der Waals surface area contributed by atoms with Crippen LogP contribution >= 0.6 is 0 Å². The van der Waals surface area contributed by atoms with Crippen LogP contribution in [0, 0.1) is 5.82 Å². The first-order valence-electron chi connectivity index (χ1n) is 12.3. The van der Waals surface area contributed by atoms with Crippen LogP contribution in [0.3, 0.4) is 0 Å². The molecular formula is C29H32FNO6S. The van der Waals surface area contributed by atoms with Crippen LogP contribution in [0.4, 0.5) is 10.1 Å². The molecule has 0 aliphatic heterocycles. The Hall–Kier alpha value is -3.69. The van der Waals surface area contributed by atoms with E-state index in [0.717, 1.165) is 17.7 Å². The molecule has 0 radical (unpaired) electrons. The fourth-order valence-electron chi connectivity index (χ4n) is 3.55. The van der Waals surface area contributed by atoms with Gasteiger partial charge in [-0.3, -0.25) is 9.52 Å². The summed E-state index contributed by atoms with van der Waals surface area (Å²) < 4.78 is 51.7. The van der Waals surface area contributed by atoms with Crippen molar-refractivity contribution in [3.8, 4) is 5.75 Å². The van der Waals surface area contributed by atoms with E-state index in [1.807, 2.05) is 38.1 Å². The third-order valence-corrected chi connectivity index (χ3v) is 6.78. The summed E-state index contributed by atoms with van der Waals surface area (Å²) in [7, 11) is -3.87. The summed E-state index contributed by atoms with van der Waals surface area (Å²) in [5.41, 5.74) is 1.91. The van der Waals surface area contributed by atoms with E-state index in [1.54, 1.807) is 36.4 Å². The third-order valence-electron chi connectivity index (χ3n) is 5.38. The lowest BCUT2D eigenvalue weighted by Gasteiger charge is -2.13. The van der Waals surface area contributed by atoms with Gasteiger partial charge >= 0.3 is 5.97 Å². The van der Waals surface area contributed by atoms with Crippen LogP contribution in [-0.2, 0) is 26.0 Å². The SMILES string of the molecule is CC(C)OC(=O)CCc1ccccc1OCCC(O)/C=C/c1cccc(NS(=O)(=O)c2ccc(F)cc2)c1. The highest BCUT2D eigenvalue weighted by Gasteiger charge is 2.14. The van der Waals surface area contributed by atoms with Gasteiger partial charge in [-0.15, -0.1) is 0 Å². The number of hydrogen-bond acceptors (Lipinski definition) is 6. The van der Waals surface area contributed by atoms with Crippen molar-refractivity contribution in [2.45, 2.75) is 50.2 Å². The number of carbonyl (C=O) groups is 1. The van der Waals surface area contributed by atoms with E-state index in [4.69, 9.17) is 9.47 Å². The van der Waals surface area contributed by atoms with Gasteiger partial charge in [0.15, 0.2) is 0 Å². The number of para-hydroxylation sites is 1. The summed E-state index contributed by atoms with van der Waals surface area (Å²) in [6, 6.07) is 18.7. The van der Waals surface area contributed by atoms with Gasteiger partial charge in [-0.25, -0.2) is 12.8 Å². The predicted octanol–water partition coefficient (Wildman–Crippen LogP) is 5.35. The molecule has 0 aliphatic rings. The number of nitrogens with one attached hydrogen (secondary N) is 1. The topological polar surface area (TPSA) is 102 Å². The molecule has 0 aromatic heterocycles. The number of rotatable bonds is 13. The fourth-order valence-corrected chi connectivity index (χ4v) is 4.60. The fraction of sp³-hybridized carbons (Fsp3) is 0.276. The highest BCUT2D eigenvalue weighted by molar-refractivity contribution is 7.92. The average Bonchev–Trinajstić information content (AvgIpc) is 2.87. The van der Waals surface area contributed by atoms with E-state index in [1.165, 1.54) is 12.1 Å². The van der Waals surface area contributed by atoms with Gasteiger partial charge in [0.05, 0.1) is 23.7 Å². The van der Waals surface area contributed by atoms with Crippen LogP contribution in [0.25, 0.3) is 6.08 Å². The maximum absolute atomic E-state index is 13.1. The molecule has 1 atom stereocenters. The summed E-state index contributed by atoms with van der Waals surface area (Å²) in [4.78, 5) is 11.8. The van der Waals surface area contributed by atoms with Crippen molar-refractivity contribution in [2.75, 3.05) is 11.3 Å². The Labute approximate surface area is 223 Å². The molecule has 0 heterocycles. The minimum absolute atomic E-state index is 0.0488. The average molecular weight is 542 g/mol. The largest absolute Gasteiger partial charge is 0.493 e. The molecule has 38 heavy (non-hydrogen) atoms. The maximum atomic E-state index is 13.1. The highest BCUT2D eigenvalue weighted by atomic mass is 32.2. The molecule has 0 saturated heterocycles. The van der Waals surface area contributed by atoms with Crippen molar-refractivity contribution in [1.82, 2.24) is 0 Å². The molecule has 0 amide bonds. The van der Waals surface area contributed by atoms with Crippen molar-refractivity contribution >= 4 is 27.8 Å². The quantitative estimate of drug-likeness (QED) is 0.283. The van der Waals surface area contributed by atoms with E-state index in [-0.39, 0.29) is 30.0 Å². The Morgan fingerprint density at radius 3 is 2.53 bits per heavy atom. The lowest BCUT2D eigenvalue weighted by atomic mass is 10.1. The number of aliphatic hydroxyl groups excluding tert-OH is 1. The van der Waals surface area contributed by atoms with Crippen molar-refractivity contribution in [3.05, 3.63) is 95.8 Å². The molecule has 0 fully saturated rings. The summed E-state index contributed by atoms with van der Waals surface area (Å²) in [5.74, 6) is -0.127. The van der Waals surface area contributed by atoms with E-state index in [2.05, 4.69) is 4.72 Å². The van der Waals surface area contributed by atoms with Gasteiger partial charge in [-0.2, -0.15) is 0 Å². The van der Waals surface area contributed by atoms with Gasteiger partial charge in [0.2, 0.25) is 0 Å². The lowest BCUT2D eigenvalue weighted by Crippen LogP contribution is -2.13. The molecule has 0 saturated carbocycles. The van der Waals surface area contributed by atoms with Gasteiger partial charge < -0.3 is 14.6 Å². The number of aliphatic hydroxyl groups is 1. The minimum atomic E-state index is -3.87. The molecule has 1 unspecified atom stereocenters. The molecular weight excluding hydrogens is 509 g/mol. The number of carbonyl (C=O) groups excluding carboxylic acids is 1. The zero-order valence-corrected chi connectivity index (χ0v) is 22.2. The molecule has 3 aromatic rings. The first-order chi connectivity index (χ1) is 18.1. The normalized spacial score (nSPS) is 12.4. The standard InChI is InChI=1S/C29H32FNO6S/c1-21(2)37-29(33)17-11-23-7-3-4-9-28(23)36-19-18-26(32)14-10-22-6-5-8-25(20-22)31-38(34,35)27-15-12-24(30)13-16-27/h3-10,12-16,20-21,26,31-32H,11,17-19H2,1-2H3/b14-10+. The number of ether oxygens (including phenoxy) is 2. The molecule has 9 heteroatoms. The molecule has 2 N–H and O–H groups in total. The first kappa shape index (κ1) is 28.9. The Kier molecular flexibility index (Phi) is 10.4. The van der Waals surface area contributed by atoms with Gasteiger partial charge in [0.1, 0.15) is 11.6 Å². The molecule has 3 rings (SSSR count). The predicted molar refractivity (Wildman–Crippen MR) is 145 cm³/mol. The van der Waals surface area contributed by atoms with Crippen LogP contribution in [0.5, 0.6) is 5.75 Å². The zero-order chi connectivity index (χ0) is 27.5. The van der Waals surface area contributed by atoms with Crippen LogP contribution < -0.4 is 9.46 Å². The summed E-state index contributed by atoms with van der Waals surface area (Å²) in [6.07, 6.45) is 3.42. The van der Waals surface area contributed by atoms with Crippen LogP contribution in [0.2, 0.25) is 0 Å². The van der Waals surface area contributed by atoms with E-state index in [9.17, 15) is 22.7 Å². The second kappa shape index (κ2) is 13.7. The second-order valence-corrected chi connectivity index (χ2v) is 10.6. The van der Waals surface area contributed by atoms with Crippen LogP contribution in [0.1, 0.15) is 37.8 Å². The van der Waals surface area contributed by atoms with E-state index >= 15 is 0 Å². The van der Waals surface area contributed by atoms with Crippen molar-refractivity contribution in [2.24, 2.45) is 0 Å². The van der Waals surface area contributed by atoms with Crippen molar-refractivity contribution in [3.63, 3.8) is 0 Å². The molecule has 202 valence electrons. The minimum Gasteiger partial charge on any atom is -0.493 e. The zero-order valence-electron chi connectivity index (χ0n) is 21.3. The smallest absolute Gasteiger partial charge is 0.306 e. The van der Waals surface area contributed by atoms with Gasteiger partial charge in [-0.1, -0.05) is 42.5 Å². The van der Waals surface area contributed by atoms with E-state index in [0.29, 0.717) is 29.8 Å². The number of sulfonamides is 1. The van der Waals surface area contributed by atoms with Crippen LogP contribution in [-0.4, -0.2) is 38.3 Å². The molecule has 0 bridgehead atoms. The molecule has 0 spiro atoms. The Morgan fingerprint density at radius 1 is 1.05 bits per heavy atom. The van der Waals surface area contributed by atoms with Crippen LogP contribution in [0.15, 0.2) is 83.8 Å². The van der Waals surface area contributed by atoms with Gasteiger partial charge in [0, 0.05) is 18.5 Å². The summed E-state index contributed by atoms with van der Waals surface area (Å²) >= 11 is 0. The molecule has 7 nitrogen and oxygen atoms in total. The Bertz CT molecular complexity index is 1340. The highest BCUT2D eigenvalue weighted by Crippen LogP contribution is 2.21. The van der Waals surface area contributed by atoms with Crippen molar-refractivity contribution in [1.29, 1.82) is 0 Å². The first-order valence-corrected chi connectivity index (χ1v) is 13.8.